The smallest absolute Gasteiger partial charge is 0.195 e. The molecule has 0 N–H and O–H groups in total. The third-order valence-electron chi connectivity index (χ3n) is 5.15. The van der Waals surface area contributed by atoms with Gasteiger partial charge in [-0.05, 0) is 78.4 Å². The molecule has 0 amide bonds. The van der Waals surface area contributed by atoms with Crippen molar-refractivity contribution in [2.75, 3.05) is 0 Å². The summed E-state index contributed by atoms with van der Waals surface area (Å²) in [4.78, 5) is 0. The number of hydrogen-bond acceptors (Lipinski definition) is 0. The topological polar surface area (TPSA) is 0 Å². The average molecular weight is 436 g/mol. The minimum atomic E-state index is -1.47. The number of fused-ring (bicyclic) bond motifs is 1. The zero-order valence-corrected chi connectivity index (χ0v) is 17.8. The van der Waals surface area contributed by atoms with Crippen LogP contribution in [0.1, 0.15) is 34.2 Å². The second-order valence-electron chi connectivity index (χ2n) is 7.52. The number of rotatable bonds is 3. The largest absolute Gasteiger partial charge is 0.204 e. The molecule has 33 heavy (non-hydrogen) atoms. The molecule has 3 heteroatoms. The second-order valence-corrected chi connectivity index (χ2v) is 7.52. The molecule has 0 aliphatic heterocycles. The van der Waals surface area contributed by atoms with Gasteiger partial charge in [0.15, 0.2) is 17.5 Å². The van der Waals surface area contributed by atoms with Crippen molar-refractivity contribution in [3.8, 4) is 23.7 Å². The number of hydrogen-bond donors (Lipinski definition) is 0. The summed E-state index contributed by atoms with van der Waals surface area (Å²) >= 11 is 0. The lowest BCUT2D eigenvalue weighted by Crippen LogP contribution is -1.92. The van der Waals surface area contributed by atoms with Crippen LogP contribution in [0.25, 0.3) is 10.8 Å². The Hall–Kier alpha value is -4.21. The Morgan fingerprint density at radius 3 is 1.73 bits per heavy atom. The van der Waals surface area contributed by atoms with Crippen molar-refractivity contribution in [1.29, 1.82) is 0 Å². The maximum atomic E-state index is 13.8. The van der Waals surface area contributed by atoms with E-state index in [0.717, 1.165) is 35.6 Å². The van der Waals surface area contributed by atoms with Crippen molar-refractivity contribution in [3.05, 3.63) is 131 Å². The van der Waals surface area contributed by atoms with E-state index < -0.39 is 17.5 Å². The SMILES string of the molecule is C=CCCc1ccc(C#Cc2ccc(C#Cc3ccc4c(F)c(F)c(F)cc4c3)cc2)cc1. The molecule has 0 atom stereocenters. The third-order valence-corrected chi connectivity index (χ3v) is 5.15. The van der Waals surface area contributed by atoms with Crippen LogP contribution < -0.4 is 0 Å². The highest BCUT2D eigenvalue weighted by atomic mass is 19.2. The molecule has 0 heterocycles. The molecular weight excluding hydrogens is 417 g/mol. The summed E-state index contributed by atoms with van der Waals surface area (Å²) in [6.45, 7) is 3.74. The Morgan fingerprint density at radius 1 is 0.636 bits per heavy atom. The first-order valence-electron chi connectivity index (χ1n) is 10.4. The van der Waals surface area contributed by atoms with Gasteiger partial charge in [-0.3, -0.25) is 0 Å². The summed E-state index contributed by atoms with van der Waals surface area (Å²) in [5.74, 6) is 8.42. The van der Waals surface area contributed by atoms with E-state index in [0.29, 0.717) is 5.56 Å². The van der Waals surface area contributed by atoms with Gasteiger partial charge in [-0.25, -0.2) is 13.2 Å². The van der Waals surface area contributed by atoms with Gasteiger partial charge in [0, 0.05) is 27.6 Å². The van der Waals surface area contributed by atoms with Crippen LogP contribution in [0.5, 0.6) is 0 Å². The van der Waals surface area contributed by atoms with Gasteiger partial charge in [-0.15, -0.1) is 6.58 Å². The fourth-order valence-electron chi connectivity index (χ4n) is 3.33. The van der Waals surface area contributed by atoms with Crippen LogP contribution in [0, 0.1) is 41.1 Å². The Balaban J connectivity index is 1.47. The van der Waals surface area contributed by atoms with Crippen LogP contribution in [-0.2, 0) is 6.42 Å². The molecule has 0 saturated heterocycles. The van der Waals surface area contributed by atoms with Gasteiger partial charge in [0.1, 0.15) is 0 Å². The summed E-state index contributed by atoms with van der Waals surface area (Å²) in [5.41, 5.74) is 4.44. The number of benzene rings is 4. The molecule has 4 rings (SSSR count). The Morgan fingerprint density at radius 2 is 1.15 bits per heavy atom. The molecule has 0 aromatic heterocycles. The van der Waals surface area contributed by atoms with Crippen molar-refractivity contribution in [2.24, 2.45) is 0 Å². The van der Waals surface area contributed by atoms with Crippen LogP contribution in [-0.4, -0.2) is 0 Å². The van der Waals surface area contributed by atoms with Gasteiger partial charge < -0.3 is 0 Å². The monoisotopic (exact) mass is 436 g/mol. The van der Waals surface area contributed by atoms with Crippen LogP contribution >= 0.6 is 0 Å². The summed E-state index contributed by atoms with van der Waals surface area (Å²) in [6, 6.07) is 21.2. The van der Waals surface area contributed by atoms with E-state index in [1.165, 1.54) is 17.7 Å². The molecule has 0 aliphatic carbocycles. The minimum absolute atomic E-state index is 0.0220. The molecule has 0 aliphatic rings. The Labute approximate surface area is 191 Å². The van der Waals surface area contributed by atoms with E-state index >= 15 is 0 Å². The van der Waals surface area contributed by atoms with Gasteiger partial charge in [0.25, 0.3) is 0 Å². The quantitative estimate of drug-likeness (QED) is 0.181. The van der Waals surface area contributed by atoms with E-state index in [-0.39, 0.29) is 10.8 Å². The van der Waals surface area contributed by atoms with Crippen LogP contribution in [0.2, 0.25) is 0 Å². The molecule has 0 fully saturated rings. The highest BCUT2D eigenvalue weighted by molar-refractivity contribution is 5.84. The number of halogens is 3. The average Bonchev–Trinajstić information content (AvgIpc) is 2.84. The first kappa shape index (κ1) is 22.0. The molecule has 0 nitrogen and oxygen atoms in total. The van der Waals surface area contributed by atoms with E-state index in [1.54, 1.807) is 6.07 Å². The van der Waals surface area contributed by atoms with Crippen molar-refractivity contribution in [3.63, 3.8) is 0 Å². The number of allylic oxidation sites excluding steroid dienone is 1. The van der Waals surface area contributed by atoms with Crippen LogP contribution in [0.4, 0.5) is 13.2 Å². The van der Waals surface area contributed by atoms with E-state index in [2.05, 4.69) is 42.4 Å². The third kappa shape index (κ3) is 5.35. The zero-order chi connectivity index (χ0) is 23.2. The summed E-state index contributed by atoms with van der Waals surface area (Å²) in [6.07, 6.45) is 3.84. The van der Waals surface area contributed by atoms with Gasteiger partial charge in [0.05, 0.1) is 0 Å². The first-order chi connectivity index (χ1) is 16.0. The van der Waals surface area contributed by atoms with Gasteiger partial charge in [-0.2, -0.15) is 0 Å². The summed E-state index contributed by atoms with van der Waals surface area (Å²) in [7, 11) is 0. The summed E-state index contributed by atoms with van der Waals surface area (Å²) < 4.78 is 40.7. The normalized spacial score (nSPS) is 10.2. The Bertz CT molecular complexity index is 1440. The lowest BCUT2D eigenvalue weighted by atomic mass is 10.1. The van der Waals surface area contributed by atoms with Crippen molar-refractivity contribution in [1.82, 2.24) is 0 Å². The lowest BCUT2D eigenvalue weighted by Gasteiger charge is -2.02. The fraction of sp³-hybridized carbons (Fsp3) is 0.0667. The predicted octanol–water partition coefficient (Wildman–Crippen LogP) is 7.18. The first-order valence-corrected chi connectivity index (χ1v) is 10.4. The maximum absolute atomic E-state index is 13.8. The molecule has 4 aromatic rings. The molecule has 0 unspecified atom stereocenters. The molecule has 160 valence electrons. The van der Waals surface area contributed by atoms with Crippen molar-refractivity contribution >= 4 is 10.8 Å². The standard InChI is InChI=1S/C30H19F3/c1-2-3-4-21-5-7-22(8-6-21)9-10-23-11-13-24(14-12-23)15-16-25-17-18-27-26(19-25)20-28(31)30(33)29(27)32/h2,5-8,11-14,17-20H,1,3-4H2. The van der Waals surface area contributed by atoms with E-state index in [9.17, 15) is 13.2 Å². The van der Waals surface area contributed by atoms with Crippen LogP contribution in [0.15, 0.2) is 85.5 Å². The molecular formula is C30H19F3. The van der Waals surface area contributed by atoms with Crippen molar-refractivity contribution in [2.45, 2.75) is 12.8 Å². The molecule has 4 aromatic carbocycles. The molecule has 0 bridgehead atoms. The van der Waals surface area contributed by atoms with Gasteiger partial charge >= 0.3 is 0 Å². The fourth-order valence-corrected chi connectivity index (χ4v) is 3.33. The lowest BCUT2D eigenvalue weighted by molar-refractivity contribution is 0.453. The second kappa shape index (κ2) is 9.94. The van der Waals surface area contributed by atoms with Crippen molar-refractivity contribution < 1.29 is 13.2 Å². The van der Waals surface area contributed by atoms with Gasteiger partial charge in [-0.1, -0.05) is 48.0 Å². The highest BCUT2D eigenvalue weighted by Gasteiger charge is 2.13. The highest BCUT2D eigenvalue weighted by Crippen LogP contribution is 2.24. The molecule has 0 saturated carbocycles. The van der Waals surface area contributed by atoms with Crippen LogP contribution in [0.3, 0.4) is 0 Å². The van der Waals surface area contributed by atoms with Gasteiger partial charge in [0.2, 0.25) is 0 Å². The van der Waals surface area contributed by atoms with E-state index in [1.807, 2.05) is 42.5 Å². The predicted molar refractivity (Wildman–Crippen MR) is 127 cm³/mol. The summed E-state index contributed by atoms with van der Waals surface area (Å²) in [5, 5.41) is 0.284. The zero-order valence-electron chi connectivity index (χ0n) is 17.8. The van der Waals surface area contributed by atoms with E-state index in [4.69, 9.17) is 0 Å². The minimum Gasteiger partial charge on any atom is -0.204 e. The maximum Gasteiger partial charge on any atom is 0.195 e. The Kier molecular flexibility index (Phi) is 6.63. The molecule has 0 radical (unpaired) electrons. The molecule has 0 spiro atoms. The number of aryl methyl sites for hydroxylation is 1.